The number of amides is 1. The normalized spacial score (nSPS) is 24.7. The molecular weight excluding hydrogens is 385 g/mol. The monoisotopic (exact) mass is 410 g/mol. The van der Waals surface area contributed by atoms with Crippen LogP contribution in [-0.2, 0) is 7.05 Å². The second-order valence-corrected chi connectivity index (χ2v) is 8.18. The molecule has 0 aliphatic carbocycles. The van der Waals surface area contributed by atoms with Crippen molar-refractivity contribution in [2.45, 2.75) is 57.4 Å². The van der Waals surface area contributed by atoms with Gasteiger partial charge in [-0.15, -0.1) is 0 Å². The maximum absolute atomic E-state index is 13.7. The number of aryl methyl sites for hydroxylation is 1. The van der Waals surface area contributed by atoms with Crippen LogP contribution in [0.1, 0.15) is 61.4 Å². The van der Waals surface area contributed by atoms with E-state index in [0.717, 1.165) is 11.1 Å². The van der Waals surface area contributed by atoms with E-state index in [1.807, 2.05) is 13.8 Å². The highest BCUT2D eigenvalue weighted by Crippen LogP contribution is 2.42. The van der Waals surface area contributed by atoms with E-state index >= 15 is 0 Å². The largest absolute Gasteiger partial charge is 0.410 e. The van der Waals surface area contributed by atoms with Crippen molar-refractivity contribution in [2.75, 3.05) is 11.9 Å². The molecule has 0 unspecified atom stereocenters. The Balaban J connectivity index is 1.66. The first-order chi connectivity index (χ1) is 13.7. The molecule has 4 rings (SSSR count). The van der Waals surface area contributed by atoms with Crippen LogP contribution < -0.4 is 5.32 Å². The first kappa shape index (κ1) is 19.8. The SMILES string of the molecule is CC(C)[C@@H]1C[C@H](C(F)(F)F)n2nc([C@@H]3CCCN3C(=O)c3ccnn3C)cc2N1. The molecule has 2 aromatic heterocycles. The minimum Gasteiger partial charge on any atom is -0.367 e. The summed E-state index contributed by atoms with van der Waals surface area (Å²) in [7, 11) is 1.69. The molecular formula is C19H25F3N6O. The molecule has 0 bridgehead atoms. The first-order valence-corrected chi connectivity index (χ1v) is 9.88. The van der Waals surface area contributed by atoms with Crippen molar-refractivity contribution in [1.82, 2.24) is 24.5 Å². The Hall–Kier alpha value is -2.52. The highest BCUT2D eigenvalue weighted by Gasteiger charge is 2.47. The van der Waals surface area contributed by atoms with Crippen LogP contribution in [0.5, 0.6) is 0 Å². The smallest absolute Gasteiger partial charge is 0.367 e. The third-order valence-electron chi connectivity index (χ3n) is 5.94. The zero-order valence-corrected chi connectivity index (χ0v) is 16.6. The lowest BCUT2D eigenvalue weighted by atomic mass is 9.94. The highest BCUT2D eigenvalue weighted by molar-refractivity contribution is 5.93. The molecule has 1 amide bonds. The van der Waals surface area contributed by atoms with Gasteiger partial charge < -0.3 is 10.2 Å². The van der Waals surface area contributed by atoms with Crippen LogP contribution in [0.4, 0.5) is 19.0 Å². The van der Waals surface area contributed by atoms with Crippen molar-refractivity contribution in [3.63, 3.8) is 0 Å². The molecule has 7 nitrogen and oxygen atoms in total. The maximum Gasteiger partial charge on any atom is 0.410 e. The van der Waals surface area contributed by atoms with E-state index < -0.39 is 12.2 Å². The second-order valence-electron chi connectivity index (χ2n) is 8.18. The average molecular weight is 410 g/mol. The van der Waals surface area contributed by atoms with E-state index in [0.29, 0.717) is 30.2 Å². The number of alkyl halides is 3. The van der Waals surface area contributed by atoms with Crippen molar-refractivity contribution >= 4 is 11.7 Å². The number of nitrogens with zero attached hydrogens (tertiary/aromatic N) is 5. The van der Waals surface area contributed by atoms with Crippen molar-refractivity contribution in [3.8, 4) is 0 Å². The van der Waals surface area contributed by atoms with E-state index in [4.69, 9.17) is 0 Å². The van der Waals surface area contributed by atoms with Gasteiger partial charge in [-0.05, 0) is 31.2 Å². The summed E-state index contributed by atoms with van der Waals surface area (Å²) in [4.78, 5) is 14.6. The number of halogens is 3. The number of hydrogen-bond acceptors (Lipinski definition) is 4. The van der Waals surface area contributed by atoms with E-state index in [2.05, 4.69) is 15.5 Å². The summed E-state index contributed by atoms with van der Waals surface area (Å²) >= 11 is 0. The molecule has 1 saturated heterocycles. The number of hydrogen-bond donors (Lipinski definition) is 1. The van der Waals surface area contributed by atoms with Gasteiger partial charge in [-0.3, -0.25) is 9.48 Å². The van der Waals surface area contributed by atoms with Crippen molar-refractivity contribution in [3.05, 3.63) is 29.7 Å². The zero-order valence-electron chi connectivity index (χ0n) is 16.6. The standard InChI is InChI=1S/C19H25F3N6O/c1-11(2)12-9-16(19(20,21)22)28-17(24-12)10-13(25-28)14-5-4-8-27(14)18(29)15-6-7-23-26(15)3/h6-7,10-12,14,16,24H,4-5,8-9H2,1-3H3/t12-,14-,16+/m0/s1. The van der Waals surface area contributed by atoms with Gasteiger partial charge >= 0.3 is 6.18 Å². The van der Waals surface area contributed by atoms with Gasteiger partial charge in [0.1, 0.15) is 11.5 Å². The summed E-state index contributed by atoms with van der Waals surface area (Å²) in [6.45, 7) is 4.36. The fourth-order valence-electron chi connectivity index (χ4n) is 4.27. The number of likely N-dealkylation sites (tertiary alicyclic amines) is 1. The van der Waals surface area contributed by atoms with Crippen LogP contribution >= 0.6 is 0 Å². The van der Waals surface area contributed by atoms with Crippen molar-refractivity contribution < 1.29 is 18.0 Å². The Bertz CT molecular complexity index is 902. The summed E-state index contributed by atoms with van der Waals surface area (Å²) in [5.74, 6) is 0.243. The number of fused-ring (bicyclic) bond motifs is 1. The molecule has 4 heterocycles. The molecule has 0 saturated carbocycles. The number of carbonyl (C=O) groups is 1. The van der Waals surface area contributed by atoms with Gasteiger partial charge in [-0.25, -0.2) is 4.68 Å². The third kappa shape index (κ3) is 3.49. The number of nitrogens with one attached hydrogen (secondary N) is 1. The van der Waals surface area contributed by atoms with Crippen LogP contribution in [0.25, 0.3) is 0 Å². The first-order valence-electron chi connectivity index (χ1n) is 9.88. The predicted octanol–water partition coefficient (Wildman–Crippen LogP) is 3.54. The van der Waals surface area contributed by atoms with Gasteiger partial charge in [-0.1, -0.05) is 13.8 Å². The maximum atomic E-state index is 13.7. The summed E-state index contributed by atoms with van der Waals surface area (Å²) < 4.78 is 43.7. The molecule has 10 heteroatoms. The summed E-state index contributed by atoms with van der Waals surface area (Å²) in [6.07, 6.45) is -1.44. The average Bonchev–Trinajstić information content (AvgIpc) is 3.37. The lowest BCUT2D eigenvalue weighted by Gasteiger charge is -2.35. The van der Waals surface area contributed by atoms with Gasteiger partial charge in [0.15, 0.2) is 6.04 Å². The molecule has 2 aliphatic rings. The Morgan fingerprint density at radius 3 is 2.72 bits per heavy atom. The summed E-state index contributed by atoms with van der Waals surface area (Å²) in [5.41, 5.74) is 0.950. The number of rotatable bonds is 3. The fraction of sp³-hybridized carbons (Fsp3) is 0.632. The zero-order chi connectivity index (χ0) is 20.9. The number of carbonyl (C=O) groups excluding carboxylic acids is 1. The highest BCUT2D eigenvalue weighted by atomic mass is 19.4. The van der Waals surface area contributed by atoms with Gasteiger partial charge in [-0.2, -0.15) is 23.4 Å². The molecule has 3 atom stereocenters. The fourth-order valence-corrected chi connectivity index (χ4v) is 4.27. The molecule has 2 aromatic rings. The number of aromatic nitrogens is 4. The van der Waals surface area contributed by atoms with E-state index in [1.165, 1.54) is 4.68 Å². The molecule has 1 N–H and O–H groups in total. The van der Waals surface area contributed by atoms with Gasteiger partial charge in [0.25, 0.3) is 5.91 Å². The van der Waals surface area contributed by atoms with Crippen molar-refractivity contribution in [1.29, 1.82) is 0 Å². The summed E-state index contributed by atoms with van der Waals surface area (Å²) in [6, 6.07) is 1.03. The summed E-state index contributed by atoms with van der Waals surface area (Å²) in [5, 5.41) is 11.6. The van der Waals surface area contributed by atoms with Crippen LogP contribution in [0.2, 0.25) is 0 Å². The Morgan fingerprint density at radius 2 is 2.10 bits per heavy atom. The topological polar surface area (TPSA) is 68.0 Å². The van der Waals surface area contributed by atoms with Crippen LogP contribution in [0.3, 0.4) is 0 Å². The van der Waals surface area contributed by atoms with Crippen LogP contribution in [-0.4, -0.2) is 49.1 Å². The Labute approximate surface area is 166 Å². The second kappa shape index (κ2) is 7.07. The molecule has 1 fully saturated rings. The van der Waals surface area contributed by atoms with Crippen molar-refractivity contribution in [2.24, 2.45) is 13.0 Å². The van der Waals surface area contributed by atoms with E-state index in [9.17, 15) is 18.0 Å². The lowest BCUT2D eigenvalue weighted by Crippen LogP contribution is -2.41. The molecule has 0 aromatic carbocycles. The molecule has 29 heavy (non-hydrogen) atoms. The predicted molar refractivity (Wildman–Crippen MR) is 100 cm³/mol. The third-order valence-corrected chi connectivity index (χ3v) is 5.94. The minimum atomic E-state index is -4.38. The van der Waals surface area contributed by atoms with Gasteiger partial charge in [0, 0.05) is 31.9 Å². The van der Waals surface area contributed by atoms with Crippen LogP contribution in [0, 0.1) is 5.92 Å². The number of anilines is 1. The molecule has 0 spiro atoms. The Morgan fingerprint density at radius 1 is 1.34 bits per heavy atom. The van der Waals surface area contributed by atoms with E-state index in [1.54, 1.807) is 30.3 Å². The molecule has 2 aliphatic heterocycles. The van der Waals surface area contributed by atoms with E-state index in [-0.39, 0.29) is 30.3 Å². The quantitative estimate of drug-likeness (QED) is 0.841. The van der Waals surface area contributed by atoms with Crippen LogP contribution in [0.15, 0.2) is 18.3 Å². The lowest BCUT2D eigenvalue weighted by molar-refractivity contribution is -0.174. The molecule has 158 valence electrons. The van der Waals surface area contributed by atoms with Gasteiger partial charge in [0.05, 0.1) is 11.7 Å². The van der Waals surface area contributed by atoms with Gasteiger partial charge in [0.2, 0.25) is 0 Å². The minimum absolute atomic E-state index is 0.0568. The Kier molecular flexibility index (Phi) is 4.82. The molecule has 0 radical (unpaired) electrons.